The van der Waals surface area contributed by atoms with E-state index in [-0.39, 0.29) is 5.02 Å². The molecule has 146 valence electrons. The molecule has 3 aromatic rings. The molecule has 0 fully saturated rings. The van der Waals surface area contributed by atoms with E-state index in [9.17, 15) is 9.59 Å². The minimum absolute atomic E-state index is 0.227. The number of hydrogen-bond acceptors (Lipinski definition) is 6. The summed E-state index contributed by atoms with van der Waals surface area (Å²) >= 11 is 7.38. The number of furan rings is 1. The summed E-state index contributed by atoms with van der Waals surface area (Å²) in [7, 11) is 0. The quantitative estimate of drug-likeness (QED) is 0.427. The van der Waals surface area contributed by atoms with Gasteiger partial charge in [0.05, 0.1) is 28.2 Å². The Labute approximate surface area is 176 Å². The first kappa shape index (κ1) is 20.5. The second-order valence-electron chi connectivity index (χ2n) is 5.79. The highest BCUT2D eigenvalue weighted by Crippen LogP contribution is 2.27. The van der Waals surface area contributed by atoms with Gasteiger partial charge in [-0.3, -0.25) is 4.79 Å². The molecule has 0 atom stereocenters. The number of benzene rings is 2. The third-order valence-corrected chi connectivity index (χ3v) is 5.17. The third-order valence-electron chi connectivity index (χ3n) is 3.76. The standard InChI is InChI=1S/C21H15ClN2O4S/c22-18-10-15(8-7-14(18)11-23)24-20(25)12-28-21(26)17-5-1-2-6-19(17)29-13-16-4-3-9-27-16/h1-10H,12-13H2,(H,24,25). The van der Waals surface area contributed by atoms with Crippen LogP contribution in [0.15, 0.2) is 70.2 Å². The molecule has 3 rings (SSSR count). The molecule has 29 heavy (non-hydrogen) atoms. The van der Waals surface area contributed by atoms with Crippen molar-refractivity contribution in [2.24, 2.45) is 0 Å². The summed E-state index contributed by atoms with van der Waals surface area (Å²) in [5.74, 6) is 0.246. The first-order valence-corrected chi connectivity index (χ1v) is 9.84. The van der Waals surface area contributed by atoms with E-state index in [1.165, 1.54) is 23.9 Å². The molecule has 1 amide bonds. The van der Waals surface area contributed by atoms with Gasteiger partial charge >= 0.3 is 5.97 Å². The van der Waals surface area contributed by atoms with E-state index in [2.05, 4.69) is 5.32 Å². The number of nitriles is 1. The zero-order valence-electron chi connectivity index (χ0n) is 15.1. The topological polar surface area (TPSA) is 92.3 Å². The van der Waals surface area contributed by atoms with Gasteiger partial charge in [0.2, 0.25) is 0 Å². The molecule has 1 N–H and O–H groups in total. The predicted octanol–water partition coefficient (Wildman–Crippen LogP) is 4.89. The van der Waals surface area contributed by atoms with Crippen LogP contribution in [0.25, 0.3) is 0 Å². The SMILES string of the molecule is N#Cc1ccc(NC(=O)COC(=O)c2ccccc2SCc2ccco2)cc1Cl. The Balaban J connectivity index is 1.57. The Kier molecular flexibility index (Phi) is 6.95. The molecule has 2 aromatic carbocycles. The molecule has 0 aliphatic rings. The van der Waals surface area contributed by atoms with Crippen LogP contribution in [-0.2, 0) is 15.3 Å². The van der Waals surface area contributed by atoms with E-state index < -0.39 is 18.5 Å². The second-order valence-corrected chi connectivity index (χ2v) is 7.22. The molecule has 0 saturated heterocycles. The summed E-state index contributed by atoms with van der Waals surface area (Å²) < 4.78 is 10.4. The van der Waals surface area contributed by atoms with Crippen LogP contribution < -0.4 is 5.32 Å². The molecule has 6 nitrogen and oxygen atoms in total. The fourth-order valence-electron chi connectivity index (χ4n) is 2.39. The van der Waals surface area contributed by atoms with Gasteiger partial charge in [-0.25, -0.2) is 4.79 Å². The van der Waals surface area contributed by atoms with E-state index >= 15 is 0 Å². The van der Waals surface area contributed by atoms with Gasteiger partial charge in [-0.1, -0.05) is 23.7 Å². The van der Waals surface area contributed by atoms with Gasteiger partial charge < -0.3 is 14.5 Å². The first-order valence-electron chi connectivity index (χ1n) is 8.47. The second kappa shape index (κ2) is 9.82. The van der Waals surface area contributed by atoms with Crippen molar-refractivity contribution >= 4 is 40.9 Å². The highest BCUT2D eigenvalue weighted by Gasteiger charge is 2.15. The Morgan fingerprint density at radius 1 is 1.17 bits per heavy atom. The number of carbonyl (C=O) groups excluding carboxylic acids is 2. The van der Waals surface area contributed by atoms with E-state index in [0.717, 1.165) is 10.7 Å². The van der Waals surface area contributed by atoms with Crippen molar-refractivity contribution in [1.82, 2.24) is 0 Å². The summed E-state index contributed by atoms with van der Waals surface area (Å²) in [5, 5.41) is 11.7. The van der Waals surface area contributed by atoms with Crippen LogP contribution in [0.3, 0.4) is 0 Å². The molecule has 0 unspecified atom stereocenters. The van der Waals surface area contributed by atoms with Crippen molar-refractivity contribution in [2.75, 3.05) is 11.9 Å². The summed E-state index contributed by atoms with van der Waals surface area (Å²) in [4.78, 5) is 25.2. The average molecular weight is 427 g/mol. The Hall–Kier alpha value is -3.21. The van der Waals surface area contributed by atoms with Crippen molar-refractivity contribution < 1.29 is 18.7 Å². The van der Waals surface area contributed by atoms with E-state index in [1.807, 2.05) is 24.3 Å². The smallest absolute Gasteiger partial charge is 0.339 e. The number of anilines is 1. The highest BCUT2D eigenvalue weighted by atomic mass is 35.5. The van der Waals surface area contributed by atoms with Gasteiger partial charge in [0.15, 0.2) is 6.61 Å². The van der Waals surface area contributed by atoms with Crippen LogP contribution in [0.4, 0.5) is 5.69 Å². The zero-order chi connectivity index (χ0) is 20.6. The normalized spacial score (nSPS) is 10.2. The lowest BCUT2D eigenvalue weighted by molar-refractivity contribution is -0.119. The molecule has 0 radical (unpaired) electrons. The number of ether oxygens (including phenoxy) is 1. The van der Waals surface area contributed by atoms with E-state index in [0.29, 0.717) is 22.6 Å². The van der Waals surface area contributed by atoms with E-state index in [1.54, 1.807) is 30.5 Å². The fraction of sp³-hybridized carbons (Fsp3) is 0.0952. The monoisotopic (exact) mass is 426 g/mol. The Morgan fingerprint density at radius 3 is 2.72 bits per heavy atom. The minimum atomic E-state index is -0.597. The number of esters is 1. The van der Waals surface area contributed by atoms with Crippen LogP contribution in [-0.4, -0.2) is 18.5 Å². The average Bonchev–Trinajstić information content (AvgIpc) is 3.24. The number of nitrogens with zero attached hydrogens (tertiary/aromatic N) is 1. The molecule has 0 aliphatic carbocycles. The Bertz CT molecular complexity index is 1060. The largest absolute Gasteiger partial charge is 0.468 e. The maximum Gasteiger partial charge on any atom is 0.339 e. The fourth-order valence-corrected chi connectivity index (χ4v) is 3.56. The van der Waals surface area contributed by atoms with Gasteiger partial charge in [-0.15, -0.1) is 11.8 Å². The molecular formula is C21H15ClN2O4S. The van der Waals surface area contributed by atoms with Crippen LogP contribution in [0, 0.1) is 11.3 Å². The Morgan fingerprint density at radius 2 is 2.00 bits per heavy atom. The maximum atomic E-state index is 12.4. The summed E-state index contributed by atoms with van der Waals surface area (Å²) in [6.45, 7) is -0.451. The van der Waals surface area contributed by atoms with Crippen LogP contribution in [0.1, 0.15) is 21.7 Å². The van der Waals surface area contributed by atoms with Crippen molar-refractivity contribution in [1.29, 1.82) is 5.26 Å². The maximum absolute atomic E-state index is 12.4. The molecule has 0 bridgehead atoms. The number of thioether (sulfide) groups is 1. The molecule has 1 aromatic heterocycles. The lowest BCUT2D eigenvalue weighted by atomic mass is 10.2. The number of halogens is 1. The molecule has 8 heteroatoms. The molecule has 1 heterocycles. The number of amides is 1. The number of carbonyl (C=O) groups is 2. The predicted molar refractivity (Wildman–Crippen MR) is 110 cm³/mol. The van der Waals surface area contributed by atoms with Gasteiger partial charge in [-0.05, 0) is 42.5 Å². The van der Waals surface area contributed by atoms with Gasteiger partial charge in [0.25, 0.3) is 5.91 Å². The minimum Gasteiger partial charge on any atom is -0.468 e. The van der Waals surface area contributed by atoms with Crippen molar-refractivity contribution in [3.05, 3.63) is 82.8 Å². The van der Waals surface area contributed by atoms with Gasteiger partial charge in [0.1, 0.15) is 11.8 Å². The summed E-state index contributed by atoms with van der Waals surface area (Å²) in [6, 6.07) is 17.1. The van der Waals surface area contributed by atoms with Crippen molar-refractivity contribution in [3.8, 4) is 6.07 Å². The third kappa shape index (κ3) is 5.64. The first-order chi connectivity index (χ1) is 14.1. The number of hydrogen-bond donors (Lipinski definition) is 1. The number of nitrogens with one attached hydrogen (secondary N) is 1. The summed E-state index contributed by atoms with van der Waals surface area (Å²) in [5.41, 5.74) is 1.09. The molecular weight excluding hydrogens is 412 g/mol. The van der Waals surface area contributed by atoms with Crippen molar-refractivity contribution in [3.63, 3.8) is 0 Å². The van der Waals surface area contributed by atoms with Gasteiger partial charge in [-0.2, -0.15) is 5.26 Å². The van der Waals surface area contributed by atoms with Gasteiger partial charge in [0, 0.05) is 10.6 Å². The molecule has 0 saturated carbocycles. The van der Waals surface area contributed by atoms with Crippen LogP contribution in [0.2, 0.25) is 5.02 Å². The lowest BCUT2D eigenvalue weighted by Gasteiger charge is -2.10. The van der Waals surface area contributed by atoms with E-state index in [4.69, 9.17) is 26.0 Å². The number of rotatable bonds is 7. The lowest BCUT2D eigenvalue weighted by Crippen LogP contribution is -2.21. The van der Waals surface area contributed by atoms with Crippen LogP contribution in [0.5, 0.6) is 0 Å². The molecule has 0 spiro atoms. The highest BCUT2D eigenvalue weighted by molar-refractivity contribution is 7.98. The zero-order valence-corrected chi connectivity index (χ0v) is 16.6. The molecule has 0 aliphatic heterocycles. The summed E-state index contributed by atoms with van der Waals surface area (Å²) in [6.07, 6.45) is 1.59. The van der Waals surface area contributed by atoms with Crippen LogP contribution >= 0.6 is 23.4 Å². The van der Waals surface area contributed by atoms with Crippen molar-refractivity contribution in [2.45, 2.75) is 10.6 Å².